The van der Waals surface area contributed by atoms with Crippen molar-refractivity contribution < 1.29 is 23.9 Å². The zero-order valence-corrected chi connectivity index (χ0v) is 16.5. The monoisotopic (exact) mass is 396 g/mol. The minimum atomic E-state index is -0.639. The summed E-state index contributed by atoms with van der Waals surface area (Å²) in [5.41, 5.74) is 2.24. The molecular formula is C22H24N2O5. The zero-order valence-electron chi connectivity index (χ0n) is 16.5. The Morgan fingerprint density at radius 3 is 2.28 bits per heavy atom. The highest BCUT2D eigenvalue weighted by molar-refractivity contribution is 5.99. The second-order valence-electron chi connectivity index (χ2n) is 6.54. The van der Waals surface area contributed by atoms with Gasteiger partial charge in [0.25, 0.3) is 0 Å². The number of carbonyl (C=O) groups is 4. The molecule has 0 aliphatic rings. The fourth-order valence-corrected chi connectivity index (χ4v) is 2.64. The Hall–Kier alpha value is -3.48. The number of ketones is 1. The summed E-state index contributed by atoms with van der Waals surface area (Å²) in [5, 5.41) is 5.32. The Labute approximate surface area is 169 Å². The first-order valence-corrected chi connectivity index (χ1v) is 9.26. The van der Waals surface area contributed by atoms with Gasteiger partial charge in [-0.15, -0.1) is 0 Å². The number of carbonyl (C=O) groups excluding carboxylic acids is 4. The quantitative estimate of drug-likeness (QED) is 0.386. The molecule has 2 aromatic carbocycles. The molecule has 2 N–H and O–H groups in total. The van der Waals surface area contributed by atoms with Crippen molar-refractivity contribution in [2.75, 3.05) is 18.5 Å². The van der Waals surface area contributed by atoms with Gasteiger partial charge in [0.2, 0.25) is 11.8 Å². The summed E-state index contributed by atoms with van der Waals surface area (Å²) in [6.45, 7) is 3.09. The molecule has 29 heavy (non-hydrogen) atoms. The van der Waals surface area contributed by atoms with E-state index < -0.39 is 5.97 Å². The number of esters is 1. The molecule has 2 aromatic rings. The van der Waals surface area contributed by atoms with Crippen LogP contribution in [0.2, 0.25) is 0 Å². The van der Waals surface area contributed by atoms with Gasteiger partial charge in [0.15, 0.2) is 12.4 Å². The van der Waals surface area contributed by atoms with Crippen LogP contribution in [0.3, 0.4) is 0 Å². The molecule has 0 fully saturated rings. The van der Waals surface area contributed by atoms with Crippen LogP contribution in [0.5, 0.6) is 0 Å². The second kappa shape index (κ2) is 10.8. The van der Waals surface area contributed by atoms with Gasteiger partial charge in [-0.2, -0.15) is 0 Å². The maximum absolute atomic E-state index is 12.3. The molecule has 2 rings (SSSR count). The average Bonchev–Trinajstić information content (AvgIpc) is 2.69. The number of rotatable bonds is 9. The Balaban J connectivity index is 1.84. The molecule has 0 heterocycles. The highest BCUT2D eigenvalue weighted by atomic mass is 16.5. The lowest BCUT2D eigenvalue weighted by Crippen LogP contribution is -2.21. The van der Waals surface area contributed by atoms with E-state index in [1.165, 1.54) is 19.9 Å². The van der Waals surface area contributed by atoms with E-state index >= 15 is 0 Å². The summed E-state index contributed by atoms with van der Waals surface area (Å²) in [6.07, 6.45) is 1.59. The van der Waals surface area contributed by atoms with Crippen molar-refractivity contribution >= 4 is 29.3 Å². The third-order valence-electron chi connectivity index (χ3n) is 4.05. The summed E-state index contributed by atoms with van der Waals surface area (Å²) in [4.78, 5) is 46.3. The summed E-state index contributed by atoms with van der Waals surface area (Å²) in [6, 6.07) is 13.4. The maximum atomic E-state index is 12.3. The number of anilines is 1. The molecule has 0 saturated heterocycles. The topological polar surface area (TPSA) is 102 Å². The van der Waals surface area contributed by atoms with Crippen LogP contribution in [0.15, 0.2) is 48.5 Å². The normalized spacial score (nSPS) is 10.1. The number of ether oxygens (including phenoxy) is 1. The molecule has 152 valence electrons. The molecule has 7 nitrogen and oxygen atoms in total. The van der Waals surface area contributed by atoms with Crippen LogP contribution in [0, 0.1) is 0 Å². The third-order valence-corrected chi connectivity index (χ3v) is 4.05. The van der Waals surface area contributed by atoms with Crippen LogP contribution in [0.4, 0.5) is 5.69 Å². The van der Waals surface area contributed by atoms with Crippen molar-refractivity contribution in [2.24, 2.45) is 0 Å². The lowest BCUT2D eigenvalue weighted by molar-refractivity contribution is -0.119. The van der Waals surface area contributed by atoms with Crippen LogP contribution in [-0.4, -0.2) is 36.7 Å². The Morgan fingerprint density at radius 2 is 1.62 bits per heavy atom. The minimum Gasteiger partial charge on any atom is -0.454 e. The van der Waals surface area contributed by atoms with Crippen LogP contribution in [0.25, 0.3) is 0 Å². The molecule has 0 atom stereocenters. The Morgan fingerprint density at radius 1 is 0.897 bits per heavy atom. The largest absolute Gasteiger partial charge is 0.454 e. The van der Waals surface area contributed by atoms with E-state index in [1.54, 1.807) is 30.3 Å². The lowest BCUT2D eigenvalue weighted by Gasteiger charge is -2.07. The SMILES string of the molecule is CC(=O)NCCCc1ccc(C(=O)COC(=O)c2cccc(NC(C)=O)c2)cc1. The fraction of sp³-hybridized carbons (Fsp3) is 0.273. The highest BCUT2D eigenvalue weighted by Crippen LogP contribution is 2.12. The summed E-state index contributed by atoms with van der Waals surface area (Å²) >= 11 is 0. The van der Waals surface area contributed by atoms with Crippen molar-refractivity contribution in [3.63, 3.8) is 0 Å². The van der Waals surface area contributed by atoms with Gasteiger partial charge < -0.3 is 15.4 Å². The number of hydrogen-bond acceptors (Lipinski definition) is 5. The molecule has 0 aliphatic heterocycles. The Bertz CT molecular complexity index is 890. The second-order valence-corrected chi connectivity index (χ2v) is 6.54. The van der Waals surface area contributed by atoms with Gasteiger partial charge in [0.05, 0.1) is 5.56 Å². The van der Waals surface area contributed by atoms with Crippen molar-refractivity contribution in [1.29, 1.82) is 0 Å². The number of Topliss-reactive ketones (excluding diaryl/α,β-unsaturated/α-hetero) is 1. The van der Waals surface area contributed by atoms with E-state index in [2.05, 4.69) is 10.6 Å². The first kappa shape index (κ1) is 21.8. The van der Waals surface area contributed by atoms with Gasteiger partial charge in [-0.25, -0.2) is 4.79 Å². The van der Waals surface area contributed by atoms with E-state index in [4.69, 9.17) is 4.74 Å². The Kier molecular flexibility index (Phi) is 8.09. The standard InChI is InChI=1S/C22H24N2O5/c1-15(25)23-12-4-5-17-8-10-18(11-9-17)21(27)14-29-22(28)19-6-3-7-20(13-19)24-16(2)26/h3,6-11,13H,4-5,12,14H2,1-2H3,(H,23,25)(H,24,26). The number of benzene rings is 2. The molecule has 0 aliphatic carbocycles. The molecule has 0 unspecified atom stereocenters. The third kappa shape index (κ3) is 7.57. The molecule has 0 radical (unpaired) electrons. The van der Waals surface area contributed by atoms with Gasteiger partial charge in [-0.1, -0.05) is 30.3 Å². The predicted molar refractivity (Wildman–Crippen MR) is 109 cm³/mol. The predicted octanol–water partition coefficient (Wildman–Crippen LogP) is 2.75. The number of hydrogen-bond donors (Lipinski definition) is 2. The fourth-order valence-electron chi connectivity index (χ4n) is 2.64. The van der Waals surface area contributed by atoms with Gasteiger partial charge in [-0.05, 0) is 36.6 Å². The van der Waals surface area contributed by atoms with Crippen molar-refractivity contribution in [1.82, 2.24) is 5.32 Å². The number of amides is 2. The van der Waals surface area contributed by atoms with Gasteiger partial charge >= 0.3 is 5.97 Å². The van der Waals surface area contributed by atoms with Crippen molar-refractivity contribution in [3.05, 3.63) is 65.2 Å². The maximum Gasteiger partial charge on any atom is 0.338 e. The van der Waals surface area contributed by atoms with Crippen LogP contribution < -0.4 is 10.6 Å². The van der Waals surface area contributed by atoms with Gasteiger partial charge in [-0.3, -0.25) is 14.4 Å². The van der Waals surface area contributed by atoms with Crippen molar-refractivity contribution in [2.45, 2.75) is 26.7 Å². The lowest BCUT2D eigenvalue weighted by atomic mass is 10.1. The first-order valence-electron chi connectivity index (χ1n) is 9.26. The first-order chi connectivity index (χ1) is 13.8. The van der Waals surface area contributed by atoms with E-state index in [1.807, 2.05) is 12.1 Å². The molecule has 2 amide bonds. The highest BCUT2D eigenvalue weighted by Gasteiger charge is 2.12. The number of aryl methyl sites for hydroxylation is 1. The van der Waals surface area contributed by atoms with Crippen LogP contribution in [-0.2, 0) is 20.7 Å². The average molecular weight is 396 g/mol. The zero-order chi connectivity index (χ0) is 21.2. The van der Waals surface area contributed by atoms with Gasteiger partial charge in [0, 0.05) is 31.6 Å². The van der Waals surface area contributed by atoms with Gasteiger partial charge in [0.1, 0.15) is 0 Å². The van der Waals surface area contributed by atoms with E-state index in [9.17, 15) is 19.2 Å². The molecule has 0 saturated carbocycles. The number of nitrogens with one attached hydrogen (secondary N) is 2. The van der Waals surface area contributed by atoms with E-state index in [0.29, 0.717) is 17.8 Å². The summed E-state index contributed by atoms with van der Waals surface area (Å²) < 4.78 is 5.09. The smallest absolute Gasteiger partial charge is 0.338 e. The van der Waals surface area contributed by atoms with Crippen molar-refractivity contribution in [3.8, 4) is 0 Å². The molecule has 0 aromatic heterocycles. The molecule has 0 bridgehead atoms. The van der Waals surface area contributed by atoms with E-state index in [0.717, 1.165) is 18.4 Å². The van der Waals surface area contributed by atoms with Crippen LogP contribution in [0.1, 0.15) is 46.5 Å². The summed E-state index contributed by atoms with van der Waals surface area (Å²) in [5.74, 6) is -1.24. The minimum absolute atomic E-state index is 0.0534. The summed E-state index contributed by atoms with van der Waals surface area (Å²) in [7, 11) is 0. The molecule has 0 spiro atoms. The van der Waals surface area contributed by atoms with Crippen LogP contribution >= 0.6 is 0 Å². The van der Waals surface area contributed by atoms with E-state index in [-0.39, 0.29) is 29.8 Å². The molecule has 7 heteroatoms. The molecular weight excluding hydrogens is 372 g/mol.